The third kappa shape index (κ3) is 7.37. The summed E-state index contributed by atoms with van der Waals surface area (Å²) in [4.78, 5) is 9.47. The number of fused-ring (bicyclic) bond motifs is 1. The number of aromatic nitrogens is 5. The molecule has 4 aromatic rings. The van der Waals surface area contributed by atoms with Crippen LogP contribution in [0, 0.1) is 0 Å². The van der Waals surface area contributed by atoms with E-state index in [0.29, 0.717) is 42.6 Å². The van der Waals surface area contributed by atoms with E-state index in [2.05, 4.69) is 69.6 Å². The lowest BCUT2D eigenvalue weighted by Crippen LogP contribution is -2.37. The monoisotopic (exact) mass is 506 g/mol. The summed E-state index contributed by atoms with van der Waals surface area (Å²) in [5.74, 6) is 1.66. The van der Waals surface area contributed by atoms with Crippen molar-refractivity contribution in [2.75, 3.05) is 24.2 Å². The molecule has 0 unspecified atom stereocenters. The zero-order valence-corrected chi connectivity index (χ0v) is 21.4. The molecule has 0 fully saturated rings. The minimum Gasteiger partial charge on any atom is -0.366 e. The molecule has 8 nitrogen and oxygen atoms in total. The van der Waals surface area contributed by atoms with Gasteiger partial charge in [0.1, 0.15) is 0 Å². The molecule has 2 aromatic heterocycles. The first-order chi connectivity index (χ1) is 17.2. The van der Waals surface area contributed by atoms with Crippen LogP contribution in [-0.4, -0.2) is 48.9 Å². The first kappa shape index (κ1) is 24.9. The molecule has 0 saturated carbocycles. The van der Waals surface area contributed by atoms with Gasteiger partial charge in [-0.15, -0.1) is 5.10 Å². The summed E-state index contributed by atoms with van der Waals surface area (Å²) < 4.78 is 1.87. The van der Waals surface area contributed by atoms with Crippen molar-refractivity contribution in [1.82, 2.24) is 35.6 Å². The average Bonchev–Trinajstić information content (AvgIpc) is 3.31. The van der Waals surface area contributed by atoms with Gasteiger partial charge in [-0.3, -0.25) is 0 Å². The molecule has 4 rings (SSSR count). The van der Waals surface area contributed by atoms with Crippen molar-refractivity contribution < 1.29 is 0 Å². The van der Waals surface area contributed by atoms with E-state index in [9.17, 15) is 0 Å². The van der Waals surface area contributed by atoms with E-state index in [0.717, 1.165) is 29.4 Å². The van der Waals surface area contributed by atoms with Crippen LogP contribution >= 0.6 is 24.0 Å². The van der Waals surface area contributed by atoms with Crippen molar-refractivity contribution in [3.05, 3.63) is 71.8 Å². The molecule has 2 heterocycles. The lowest BCUT2D eigenvalue weighted by atomic mass is 10.1. The number of hydrogen-bond acceptors (Lipinski definition) is 7. The van der Waals surface area contributed by atoms with E-state index < -0.39 is 0 Å². The molecular formula is C25H30N8S2. The van der Waals surface area contributed by atoms with E-state index in [1.165, 1.54) is 11.1 Å². The third-order valence-electron chi connectivity index (χ3n) is 5.23. The molecule has 35 heavy (non-hydrogen) atoms. The van der Waals surface area contributed by atoms with Crippen molar-refractivity contribution in [3.63, 3.8) is 0 Å². The Morgan fingerprint density at radius 3 is 2.43 bits per heavy atom. The summed E-state index contributed by atoms with van der Waals surface area (Å²) in [5.41, 5.74) is 3.88. The molecule has 0 radical (unpaired) electrons. The minimum absolute atomic E-state index is 0.620. The Hall–Kier alpha value is -3.24. The second kappa shape index (κ2) is 13.0. The first-order valence-electron chi connectivity index (χ1n) is 11.8. The largest absolute Gasteiger partial charge is 0.366 e. The van der Waals surface area contributed by atoms with Gasteiger partial charge in [0.2, 0.25) is 0 Å². The molecule has 0 atom stereocenters. The fourth-order valence-electron chi connectivity index (χ4n) is 3.45. The summed E-state index contributed by atoms with van der Waals surface area (Å²) in [7, 11) is 0. The molecule has 0 aliphatic carbocycles. The maximum atomic E-state index is 5.40. The van der Waals surface area contributed by atoms with E-state index in [1.807, 2.05) is 28.9 Å². The summed E-state index contributed by atoms with van der Waals surface area (Å²) in [5, 5.41) is 20.0. The van der Waals surface area contributed by atoms with E-state index >= 15 is 0 Å². The fourth-order valence-corrected chi connectivity index (χ4v) is 4.31. The Kier molecular flexibility index (Phi) is 9.24. The third-order valence-corrected chi connectivity index (χ3v) is 6.57. The van der Waals surface area contributed by atoms with Crippen LogP contribution in [0.4, 0.5) is 5.82 Å². The van der Waals surface area contributed by atoms with Crippen LogP contribution in [0.2, 0.25) is 0 Å². The van der Waals surface area contributed by atoms with Gasteiger partial charge < -0.3 is 16.0 Å². The number of thioether (sulfide) groups is 1. The summed E-state index contributed by atoms with van der Waals surface area (Å²) in [6.45, 7) is 4.82. The quantitative estimate of drug-likeness (QED) is 0.114. The Labute approximate surface area is 215 Å². The molecular weight excluding hydrogens is 476 g/mol. The van der Waals surface area contributed by atoms with Gasteiger partial charge in [0.05, 0.1) is 0 Å². The van der Waals surface area contributed by atoms with Crippen LogP contribution in [0.15, 0.2) is 65.8 Å². The molecule has 10 heteroatoms. The SMILES string of the molecule is CCCSc1nc(NCCNC(=S)NCc2ccccc2)c2nnn(CCc3ccccc3)c2n1. The predicted octanol–water partition coefficient (Wildman–Crippen LogP) is 4.04. The highest BCUT2D eigenvalue weighted by Crippen LogP contribution is 2.23. The maximum absolute atomic E-state index is 5.40. The maximum Gasteiger partial charge on any atom is 0.191 e. The van der Waals surface area contributed by atoms with E-state index in [4.69, 9.17) is 22.2 Å². The van der Waals surface area contributed by atoms with Crippen molar-refractivity contribution in [1.29, 1.82) is 0 Å². The second-order valence-corrected chi connectivity index (χ2v) is 9.42. The van der Waals surface area contributed by atoms with Gasteiger partial charge in [-0.05, 0) is 36.2 Å². The fraction of sp³-hybridized carbons (Fsp3) is 0.320. The number of nitrogens with one attached hydrogen (secondary N) is 3. The van der Waals surface area contributed by atoms with Crippen LogP contribution in [0.5, 0.6) is 0 Å². The van der Waals surface area contributed by atoms with E-state index in [1.54, 1.807) is 11.8 Å². The van der Waals surface area contributed by atoms with Crippen LogP contribution < -0.4 is 16.0 Å². The van der Waals surface area contributed by atoms with E-state index in [-0.39, 0.29) is 0 Å². The normalized spacial score (nSPS) is 10.9. The highest BCUT2D eigenvalue weighted by molar-refractivity contribution is 7.99. The van der Waals surface area contributed by atoms with Gasteiger partial charge in [0, 0.05) is 31.9 Å². The Balaban J connectivity index is 1.36. The molecule has 0 amide bonds. The number of aryl methyl sites for hydroxylation is 2. The van der Waals surface area contributed by atoms with Crippen LogP contribution in [0.3, 0.4) is 0 Å². The van der Waals surface area contributed by atoms with Gasteiger partial charge >= 0.3 is 0 Å². The summed E-state index contributed by atoms with van der Waals surface area (Å²) in [6, 6.07) is 20.5. The standard InChI is InChI=1S/C25H30N8S2/c1-2-17-35-25-29-22(26-14-15-27-24(34)28-18-20-11-7-4-8-12-20)21-23(30-25)33(32-31-21)16-13-19-9-5-3-6-10-19/h3-12H,2,13-18H2,1H3,(H,26,29,30)(H2,27,28,34). The predicted molar refractivity (Wildman–Crippen MR) is 147 cm³/mol. The molecule has 182 valence electrons. The van der Waals surface area contributed by atoms with Gasteiger partial charge in [-0.2, -0.15) is 0 Å². The molecule has 0 bridgehead atoms. The minimum atomic E-state index is 0.620. The van der Waals surface area contributed by atoms with Gasteiger partial charge in [0.25, 0.3) is 0 Å². The Morgan fingerprint density at radius 2 is 1.69 bits per heavy atom. The van der Waals surface area contributed by atoms with Crippen molar-refractivity contribution in [2.24, 2.45) is 0 Å². The van der Waals surface area contributed by atoms with Crippen LogP contribution in [0.1, 0.15) is 24.5 Å². The van der Waals surface area contributed by atoms with Gasteiger partial charge in [-0.25, -0.2) is 14.6 Å². The molecule has 0 spiro atoms. The number of nitrogens with zero attached hydrogens (tertiary/aromatic N) is 5. The Morgan fingerprint density at radius 1 is 0.943 bits per heavy atom. The average molecular weight is 507 g/mol. The number of thiocarbonyl (C=S) groups is 1. The van der Waals surface area contributed by atoms with Crippen molar-refractivity contribution >= 4 is 46.1 Å². The molecule has 0 aliphatic heterocycles. The summed E-state index contributed by atoms with van der Waals surface area (Å²) >= 11 is 7.04. The molecule has 0 saturated heterocycles. The zero-order valence-electron chi connectivity index (χ0n) is 19.8. The lowest BCUT2D eigenvalue weighted by Gasteiger charge is -2.12. The second-order valence-electron chi connectivity index (χ2n) is 7.95. The number of benzene rings is 2. The number of rotatable bonds is 12. The number of anilines is 1. The smallest absolute Gasteiger partial charge is 0.191 e. The topological polar surface area (TPSA) is 92.6 Å². The van der Waals surface area contributed by atoms with Gasteiger partial charge in [-0.1, -0.05) is 84.6 Å². The van der Waals surface area contributed by atoms with Crippen LogP contribution in [0.25, 0.3) is 11.2 Å². The first-order valence-corrected chi connectivity index (χ1v) is 13.2. The molecule has 0 aliphatic rings. The highest BCUT2D eigenvalue weighted by Gasteiger charge is 2.15. The van der Waals surface area contributed by atoms with Gasteiger partial charge in [0.15, 0.2) is 27.3 Å². The molecule has 2 aromatic carbocycles. The summed E-state index contributed by atoms with van der Waals surface area (Å²) in [6.07, 6.45) is 1.92. The molecule has 3 N–H and O–H groups in total. The highest BCUT2D eigenvalue weighted by atomic mass is 32.2. The van der Waals surface area contributed by atoms with Crippen molar-refractivity contribution in [3.8, 4) is 0 Å². The van der Waals surface area contributed by atoms with Crippen molar-refractivity contribution in [2.45, 2.75) is 38.0 Å². The number of hydrogen-bond donors (Lipinski definition) is 3. The van der Waals surface area contributed by atoms with Crippen LogP contribution in [-0.2, 0) is 19.5 Å². The lowest BCUT2D eigenvalue weighted by molar-refractivity contribution is 0.600. The Bertz CT molecular complexity index is 1210. The zero-order chi connectivity index (χ0) is 24.3.